The van der Waals surface area contributed by atoms with Crippen LogP contribution >= 0.6 is 0 Å². The van der Waals surface area contributed by atoms with E-state index in [4.69, 9.17) is 4.74 Å². The SMILES string of the molecule is Cc1ccc2c(c1)CC(CNCc1ccncn1)O2. The largest absolute Gasteiger partial charge is 0.488 e. The Bertz CT molecular complexity index is 557. The Balaban J connectivity index is 1.51. The minimum atomic E-state index is 0.221. The molecule has 1 atom stereocenters. The number of ether oxygens (including phenoxy) is 1. The summed E-state index contributed by atoms with van der Waals surface area (Å²) in [5.41, 5.74) is 3.60. The third-order valence-electron chi connectivity index (χ3n) is 3.28. The monoisotopic (exact) mass is 255 g/mol. The number of hydrogen-bond donors (Lipinski definition) is 1. The van der Waals surface area contributed by atoms with Crippen molar-refractivity contribution in [3.63, 3.8) is 0 Å². The van der Waals surface area contributed by atoms with Gasteiger partial charge in [-0.1, -0.05) is 17.7 Å². The predicted octanol–water partition coefficient (Wildman–Crippen LogP) is 1.88. The van der Waals surface area contributed by atoms with Crippen molar-refractivity contribution in [2.75, 3.05) is 6.54 Å². The summed E-state index contributed by atoms with van der Waals surface area (Å²) in [5, 5.41) is 3.38. The Morgan fingerprint density at radius 1 is 1.37 bits per heavy atom. The molecule has 1 aromatic carbocycles. The van der Waals surface area contributed by atoms with Gasteiger partial charge in [-0.05, 0) is 24.6 Å². The summed E-state index contributed by atoms with van der Waals surface area (Å²) in [7, 11) is 0. The molecule has 0 spiro atoms. The van der Waals surface area contributed by atoms with E-state index >= 15 is 0 Å². The number of rotatable bonds is 4. The minimum Gasteiger partial charge on any atom is -0.488 e. The molecule has 0 radical (unpaired) electrons. The molecule has 4 heteroatoms. The molecular formula is C15H17N3O. The summed E-state index contributed by atoms with van der Waals surface area (Å²) >= 11 is 0. The van der Waals surface area contributed by atoms with Crippen molar-refractivity contribution in [1.29, 1.82) is 0 Å². The van der Waals surface area contributed by atoms with E-state index in [1.54, 1.807) is 12.5 Å². The summed E-state index contributed by atoms with van der Waals surface area (Å²) in [5.74, 6) is 1.03. The summed E-state index contributed by atoms with van der Waals surface area (Å²) in [6.45, 7) is 3.69. The van der Waals surface area contributed by atoms with Crippen molar-refractivity contribution in [2.45, 2.75) is 26.0 Å². The van der Waals surface area contributed by atoms with E-state index in [1.807, 2.05) is 6.07 Å². The van der Waals surface area contributed by atoms with Gasteiger partial charge in [-0.2, -0.15) is 0 Å². The molecule has 1 aliphatic heterocycles. The van der Waals surface area contributed by atoms with Crippen molar-refractivity contribution < 1.29 is 4.74 Å². The number of hydrogen-bond acceptors (Lipinski definition) is 4. The smallest absolute Gasteiger partial charge is 0.123 e. The average molecular weight is 255 g/mol. The van der Waals surface area contributed by atoms with Gasteiger partial charge in [-0.3, -0.25) is 0 Å². The van der Waals surface area contributed by atoms with Gasteiger partial charge in [0.05, 0.1) is 5.69 Å². The Morgan fingerprint density at radius 2 is 2.32 bits per heavy atom. The molecule has 1 N–H and O–H groups in total. The molecule has 0 saturated carbocycles. The summed E-state index contributed by atoms with van der Waals surface area (Å²) < 4.78 is 5.90. The highest BCUT2D eigenvalue weighted by molar-refractivity contribution is 5.40. The predicted molar refractivity (Wildman–Crippen MR) is 73.0 cm³/mol. The van der Waals surface area contributed by atoms with Gasteiger partial charge in [0, 0.05) is 25.7 Å². The standard InChI is InChI=1S/C15H17N3O/c1-11-2-3-15-12(6-11)7-14(19-15)9-17-8-13-4-5-16-10-18-13/h2-6,10,14,17H,7-9H2,1H3. The second-order valence-corrected chi connectivity index (χ2v) is 4.89. The fraction of sp³-hybridized carbons (Fsp3) is 0.333. The van der Waals surface area contributed by atoms with Crippen LogP contribution in [-0.2, 0) is 13.0 Å². The molecule has 0 aliphatic carbocycles. The Hall–Kier alpha value is -1.94. The van der Waals surface area contributed by atoms with Gasteiger partial charge in [-0.25, -0.2) is 9.97 Å². The van der Waals surface area contributed by atoms with Crippen LogP contribution in [0.15, 0.2) is 36.8 Å². The zero-order valence-corrected chi connectivity index (χ0v) is 11.0. The number of nitrogens with one attached hydrogen (secondary N) is 1. The molecule has 1 aliphatic rings. The molecule has 1 aromatic heterocycles. The van der Waals surface area contributed by atoms with E-state index in [9.17, 15) is 0 Å². The van der Waals surface area contributed by atoms with Gasteiger partial charge in [0.25, 0.3) is 0 Å². The molecule has 2 heterocycles. The molecule has 0 fully saturated rings. The van der Waals surface area contributed by atoms with Crippen LogP contribution in [0.1, 0.15) is 16.8 Å². The first-order valence-corrected chi connectivity index (χ1v) is 6.53. The lowest BCUT2D eigenvalue weighted by Gasteiger charge is -2.11. The molecule has 0 bridgehead atoms. The van der Waals surface area contributed by atoms with Crippen molar-refractivity contribution in [3.8, 4) is 5.75 Å². The van der Waals surface area contributed by atoms with Crippen LogP contribution in [0.25, 0.3) is 0 Å². The van der Waals surface area contributed by atoms with Crippen LogP contribution < -0.4 is 10.1 Å². The Morgan fingerprint density at radius 3 is 3.16 bits per heavy atom. The quantitative estimate of drug-likeness (QED) is 0.906. The molecule has 0 amide bonds. The lowest BCUT2D eigenvalue weighted by molar-refractivity contribution is 0.227. The van der Waals surface area contributed by atoms with Crippen LogP contribution in [0.5, 0.6) is 5.75 Å². The molecule has 98 valence electrons. The topological polar surface area (TPSA) is 47.0 Å². The highest BCUT2D eigenvalue weighted by Crippen LogP contribution is 2.29. The van der Waals surface area contributed by atoms with E-state index in [-0.39, 0.29) is 6.10 Å². The summed E-state index contributed by atoms with van der Waals surface area (Å²) in [4.78, 5) is 8.08. The third kappa shape index (κ3) is 2.90. The van der Waals surface area contributed by atoms with E-state index in [2.05, 4.69) is 40.4 Å². The van der Waals surface area contributed by atoms with Gasteiger partial charge >= 0.3 is 0 Å². The van der Waals surface area contributed by atoms with E-state index in [0.29, 0.717) is 0 Å². The van der Waals surface area contributed by atoms with Gasteiger partial charge in [-0.15, -0.1) is 0 Å². The van der Waals surface area contributed by atoms with Crippen molar-refractivity contribution in [3.05, 3.63) is 53.6 Å². The van der Waals surface area contributed by atoms with E-state index < -0.39 is 0 Å². The second kappa shape index (κ2) is 5.36. The molecule has 4 nitrogen and oxygen atoms in total. The fourth-order valence-electron chi connectivity index (χ4n) is 2.35. The summed E-state index contributed by atoms with van der Waals surface area (Å²) in [6.07, 6.45) is 4.53. The maximum Gasteiger partial charge on any atom is 0.123 e. The van der Waals surface area contributed by atoms with Crippen LogP contribution in [0.4, 0.5) is 0 Å². The van der Waals surface area contributed by atoms with Gasteiger partial charge in [0.2, 0.25) is 0 Å². The lowest BCUT2D eigenvalue weighted by Crippen LogP contribution is -2.29. The lowest BCUT2D eigenvalue weighted by atomic mass is 10.1. The number of benzene rings is 1. The van der Waals surface area contributed by atoms with E-state index in [0.717, 1.165) is 31.0 Å². The maximum absolute atomic E-state index is 5.90. The second-order valence-electron chi connectivity index (χ2n) is 4.89. The van der Waals surface area contributed by atoms with Gasteiger partial charge in [0.15, 0.2) is 0 Å². The fourth-order valence-corrected chi connectivity index (χ4v) is 2.35. The van der Waals surface area contributed by atoms with Gasteiger partial charge < -0.3 is 10.1 Å². The highest BCUT2D eigenvalue weighted by Gasteiger charge is 2.22. The number of fused-ring (bicyclic) bond motifs is 1. The van der Waals surface area contributed by atoms with Crippen molar-refractivity contribution in [2.24, 2.45) is 0 Å². The van der Waals surface area contributed by atoms with Gasteiger partial charge in [0.1, 0.15) is 18.2 Å². The Labute approximate surface area is 112 Å². The molecule has 2 aromatic rings. The highest BCUT2D eigenvalue weighted by atomic mass is 16.5. The Kier molecular flexibility index (Phi) is 3.42. The molecule has 19 heavy (non-hydrogen) atoms. The maximum atomic E-state index is 5.90. The molecule has 1 unspecified atom stereocenters. The zero-order chi connectivity index (χ0) is 13.1. The molecule has 0 saturated heterocycles. The first-order chi connectivity index (χ1) is 9.31. The first-order valence-electron chi connectivity index (χ1n) is 6.53. The normalized spacial score (nSPS) is 17.0. The molecular weight excluding hydrogens is 238 g/mol. The summed E-state index contributed by atoms with van der Waals surface area (Å²) in [6, 6.07) is 8.28. The van der Waals surface area contributed by atoms with E-state index in [1.165, 1.54) is 11.1 Å². The van der Waals surface area contributed by atoms with Crippen LogP contribution in [-0.4, -0.2) is 22.6 Å². The number of aromatic nitrogens is 2. The van der Waals surface area contributed by atoms with Crippen LogP contribution in [0, 0.1) is 6.92 Å². The van der Waals surface area contributed by atoms with Crippen LogP contribution in [0.3, 0.4) is 0 Å². The average Bonchev–Trinajstić information content (AvgIpc) is 2.82. The van der Waals surface area contributed by atoms with Crippen molar-refractivity contribution in [1.82, 2.24) is 15.3 Å². The van der Waals surface area contributed by atoms with Crippen LogP contribution in [0.2, 0.25) is 0 Å². The third-order valence-corrected chi connectivity index (χ3v) is 3.28. The number of aryl methyl sites for hydroxylation is 1. The minimum absolute atomic E-state index is 0.221. The number of nitrogens with zero attached hydrogens (tertiary/aromatic N) is 2. The van der Waals surface area contributed by atoms with Crippen molar-refractivity contribution >= 4 is 0 Å². The molecule has 3 rings (SSSR count). The zero-order valence-electron chi connectivity index (χ0n) is 11.0. The first kappa shape index (κ1) is 12.1.